The summed E-state index contributed by atoms with van der Waals surface area (Å²) in [5.41, 5.74) is 3.20. The lowest BCUT2D eigenvalue weighted by molar-refractivity contribution is 0.0703. The number of hydrogen-bond acceptors (Lipinski definition) is 4. The third kappa shape index (κ3) is 3.88. The summed E-state index contributed by atoms with van der Waals surface area (Å²) in [5.74, 6) is 0.681. The highest BCUT2D eigenvalue weighted by Gasteiger charge is 2.29. The van der Waals surface area contributed by atoms with E-state index in [-0.39, 0.29) is 23.1 Å². The number of amides is 1. The van der Waals surface area contributed by atoms with Crippen LogP contribution >= 0.6 is 0 Å². The Hall–Kier alpha value is -2.76. The molecule has 1 aromatic carbocycles. The highest BCUT2D eigenvalue weighted by atomic mass is 16.5. The van der Waals surface area contributed by atoms with E-state index in [1.54, 1.807) is 7.11 Å². The van der Waals surface area contributed by atoms with Crippen LogP contribution in [0.5, 0.6) is 5.75 Å². The van der Waals surface area contributed by atoms with Gasteiger partial charge in [-0.05, 0) is 62.8 Å². The topological polar surface area (TPSA) is 65.6 Å². The van der Waals surface area contributed by atoms with Gasteiger partial charge in [0.15, 0.2) is 0 Å². The second kappa shape index (κ2) is 8.31. The first-order valence-corrected chi connectivity index (χ1v) is 10.5. The van der Waals surface area contributed by atoms with Gasteiger partial charge in [-0.2, -0.15) is 0 Å². The van der Waals surface area contributed by atoms with Crippen LogP contribution in [0.15, 0.2) is 35.1 Å². The molecular formula is C23H29N3O3. The smallest absolute Gasteiger partial charge is 0.261 e. The quantitative estimate of drug-likeness (QED) is 0.868. The minimum atomic E-state index is -0.256. The molecule has 2 heterocycles. The van der Waals surface area contributed by atoms with Crippen LogP contribution in [-0.4, -0.2) is 48.6 Å². The number of carbonyl (C=O) groups is 1. The second-order valence-electron chi connectivity index (χ2n) is 8.02. The van der Waals surface area contributed by atoms with E-state index in [1.165, 1.54) is 0 Å². The van der Waals surface area contributed by atoms with E-state index in [1.807, 2.05) is 29.2 Å². The minimum absolute atomic E-state index is 0.0673. The molecule has 6 nitrogen and oxygen atoms in total. The molecule has 1 fully saturated rings. The number of ether oxygens (including phenoxy) is 1. The summed E-state index contributed by atoms with van der Waals surface area (Å²) in [6, 6.07) is 9.88. The van der Waals surface area contributed by atoms with Gasteiger partial charge in [-0.3, -0.25) is 9.59 Å². The van der Waals surface area contributed by atoms with E-state index in [0.29, 0.717) is 13.1 Å². The first-order valence-electron chi connectivity index (χ1n) is 10.5. The molecule has 1 amide bonds. The van der Waals surface area contributed by atoms with Crippen LogP contribution in [0.25, 0.3) is 0 Å². The van der Waals surface area contributed by atoms with E-state index >= 15 is 0 Å². The molecular weight excluding hydrogens is 366 g/mol. The molecule has 1 N–H and O–H groups in total. The maximum atomic E-state index is 13.3. The standard InChI is InChI=1S/C23H29N3O3/c1-16-11-12-25(20-9-5-6-10-21(20)29-2)13-14-26(16)23(28)18-15-17-7-3-4-8-19(17)24-22(18)27/h5-6,9-10,15-16H,3-4,7-8,11-14H2,1-2H3,(H,24,27)/t16-/m0/s1. The second-order valence-corrected chi connectivity index (χ2v) is 8.02. The number of hydrogen-bond donors (Lipinski definition) is 1. The lowest BCUT2D eigenvalue weighted by Gasteiger charge is -2.27. The molecule has 29 heavy (non-hydrogen) atoms. The van der Waals surface area contributed by atoms with Gasteiger partial charge in [0.1, 0.15) is 11.3 Å². The molecule has 1 aromatic heterocycles. The van der Waals surface area contributed by atoms with Crippen LogP contribution in [0.3, 0.4) is 0 Å². The van der Waals surface area contributed by atoms with Gasteiger partial charge in [-0.25, -0.2) is 0 Å². The fourth-order valence-corrected chi connectivity index (χ4v) is 4.48. The van der Waals surface area contributed by atoms with Gasteiger partial charge < -0.3 is 19.5 Å². The van der Waals surface area contributed by atoms with Gasteiger partial charge in [0, 0.05) is 31.4 Å². The molecule has 1 aliphatic carbocycles. The van der Waals surface area contributed by atoms with E-state index in [2.05, 4.69) is 22.9 Å². The maximum Gasteiger partial charge on any atom is 0.261 e. The summed E-state index contributed by atoms with van der Waals surface area (Å²) in [5, 5.41) is 0. The predicted octanol–water partition coefficient (Wildman–Crippen LogP) is 3.00. The number of pyridine rings is 1. The Morgan fingerprint density at radius 3 is 2.76 bits per heavy atom. The molecule has 4 rings (SSSR count). The zero-order valence-electron chi connectivity index (χ0n) is 17.2. The Kier molecular flexibility index (Phi) is 5.60. The van der Waals surface area contributed by atoms with Crippen molar-refractivity contribution < 1.29 is 9.53 Å². The molecule has 6 heteroatoms. The molecule has 1 atom stereocenters. The van der Waals surface area contributed by atoms with Crippen LogP contribution in [0.1, 0.15) is 47.8 Å². The van der Waals surface area contributed by atoms with Crippen molar-refractivity contribution in [3.05, 3.63) is 57.5 Å². The summed E-state index contributed by atoms with van der Waals surface area (Å²) in [7, 11) is 1.68. The van der Waals surface area contributed by atoms with Crippen LogP contribution in [0, 0.1) is 0 Å². The molecule has 0 spiro atoms. The van der Waals surface area contributed by atoms with Crippen molar-refractivity contribution in [2.45, 2.75) is 45.1 Å². The average Bonchev–Trinajstić information content (AvgIpc) is 2.94. The molecule has 2 aromatic rings. The predicted molar refractivity (Wildman–Crippen MR) is 114 cm³/mol. The summed E-state index contributed by atoms with van der Waals surface area (Å²) in [4.78, 5) is 33.0. The van der Waals surface area contributed by atoms with Gasteiger partial charge in [0.05, 0.1) is 12.8 Å². The fourth-order valence-electron chi connectivity index (χ4n) is 4.48. The van der Waals surface area contributed by atoms with Crippen molar-refractivity contribution in [1.29, 1.82) is 0 Å². The molecule has 0 bridgehead atoms. The zero-order valence-corrected chi connectivity index (χ0v) is 17.2. The van der Waals surface area contributed by atoms with Crippen molar-refractivity contribution >= 4 is 11.6 Å². The molecule has 1 saturated heterocycles. The number of benzene rings is 1. The van der Waals surface area contributed by atoms with Crippen molar-refractivity contribution in [2.75, 3.05) is 31.6 Å². The minimum Gasteiger partial charge on any atom is -0.495 e. The third-order valence-electron chi connectivity index (χ3n) is 6.21. The van der Waals surface area contributed by atoms with Gasteiger partial charge in [-0.1, -0.05) is 12.1 Å². The molecule has 1 aliphatic heterocycles. The van der Waals surface area contributed by atoms with Crippen molar-refractivity contribution in [3.8, 4) is 5.75 Å². The van der Waals surface area contributed by atoms with Gasteiger partial charge >= 0.3 is 0 Å². The number of nitrogens with zero attached hydrogens (tertiary/aromatic N) is 2. The third-order valence-corrected chi connectivity index (χ3v) is 6.21. The largest absolute Gasteiger partial charge is 0.495 e. The zero-order chi connectivity index (χ0) is 20.4. The lowest BCUT2D eigenvalue weighted by atomic mass is 9.94. The molecule has 0 unspecified atom stereocenters. The number of para-hydroxylation sites is 2. The Balaban J connectivity index is 1.56. The first kappa shape index (κ1) is 19.6. The fraction of sp³-hybridized carbons (Fsp3) is 0.478. The number of fused-ring (bicyclic) bond motifs is 1. The van der Waals surface area contributed by atoms with Gasteiger partial charge in [0.25, 0.3) is 11.5 Å². The van der Waals surface area contributed by atoms with Crippen LogP contribution in [0.4, 0.5) is 5.69 Å². The number of aryl methyl sites for hydroxylation is 2. The molecule has 0 saturated carbocycles. The van der Waals surface area contributed by atoms with Gasteiger partial charge in [0.2, 0.25) is 0 Å². The number of aromatic amines is 1. The number of carbonyl (C=O) groups excluding carboxylic acids is 1. The lowest BCUT2D eigenvalue weighted by Crippen LogP contribution is -2.42. The average molecular weight is 396 g/mol. The Morgan fingerprint density at radius 1 is 1.14 bits per heavy atom. The number of H-pyrrole nitrogens is 1. The number of anilines is 1. The summed E-state index contributed by atoms with van der Waals surface area (Å²) in [6.45, 7) is 4.19. The van der Waals surface area contributed by atoms with E-state index in [4.69, 9.17) is 4.74 Å². The van der Waals surface area contributed by atoms with E-state index in [0.717, 1.165) is 61.3 Å². The van der Waals surface area contributed by atoms with Crippen LogP contribution < -0.4 is 15.2 Å². The monoisotopic (exact) mass is 395 g/mol. The number of aromatic nitrogens is 1. The maximum absolute atomic E-state index is 13.3. The van der Waals surface area contributed by atoms with E-state index in [9.17, 15) is 9.59 Å². The Morgan fingerprint density at radius 2 is 1.93 bits per heavy atom. The van der Waals surface area contributed by atoms with Crippen molar-refractivity contribution in [1.82, 2.24) is 9.88 Å². The summed E-state index contributed by atoms with van der Waals surface area (Å²) < 4.78 is 5.51. The van der Waals surface area contributed by atoms with Crippen LogP contribution in [-0.2, 0) is 12.8 Å². The summed E-state index contributed by atoms with van der Waals surface area (Å²) >= 11 is 0. The Bertz CT molecular complexity index is 953. The highest BCUT2D eigenvalue weighted by molar-refractivity contribution is 5.94. The SMILES string of the molecule is COc1ccccc1N1CC[C@H](C)N(C(=O)c2cc3c([nH]c2=O)CCCC3)CC1. The van der Waals surface area contributed by atoms with Crippen molar-refractivity contribution in [3.63, 3.8) is 0 Å². The molecule has 0 radical (unpaired) electrons. The molecule has 154 valence electrons. The Labute approximate surface area is 171 Å². The van der Waals surface area contributed by atoms with Crippen LogP contribution in [0.2, 0.25) is 0 Å². The van der Waals surface area contributed by atoms with Crippen molar-refractivity contribution in [2.24, 2.45) is 0 Å². The van der Waals surface area contributed by atoms with Gasteiger partial charge in [-0.15, -0.1) is 0 Å². The number of methoxy groups -OCH3 is 1. The number of rotatable bonds is 3. The first-order chi connectivity index (χ1) is 14.1. The highest BCUT2D eigenvalue weighted by Crippen LogP contribution is 2.29. The molecule has 2 aliphatic rings. The normalized spacial score (nSPS) is 19.4. The van der Waals surface area contributed by atoms with E-state index < -0.39 is 0 Å². The summed E-state index contributed by atoms with van der Waals surface area (Å²) in [6.07, 6.45) is 4.88. The number of nitrogens with one attached hydrogen (secondary N) is 1.